The molecule has 3 aliphatic rings. The molecule has 1 aromatic carbocycles. The van der Waals surface area contributed by atoms with Crippen molar-refractivity contribution >= 4 is 16.8 Å². The van der Waals surface area contributed by atoms with Crippen LogP contribution in [0.4, 0.5) is 8.78 Å². The summed E-state index contributed by atoms with van der Waals surface area (Å²) in [6.07, 6.45) is 10.00. The number of nitrogens with zero attached hydrogens (tertiary/aromatic N) is 5. The van der Waals surface area contributed by atoms with Gasteiger partial charge in [0.05, 0.1) is 36.3 Å². The van der Waals surface area contributed by atoms with E-state index in [0.717, 1.165) is 73.6 Å². The largest absolute Gasteiger partial charge is 0.375 e. The Morgan fingerprint density at radius 2 is 1.89 bits per heavy atom. The maximum Gasteiger partial charge on any atom is 0.251 e. The van der Waals surface area contributed by atoms with E-state index in [2.05, 4.69) is 30.4 Å². The molecule has 1 amide bonds. The first kappa shape index (κ1) is 30.7. The van der Waals surface area contributed by atoms with Crippen molar-refractivity contribution in [3.05, 3.63) is 83.2 Å². The first-order valence-corrected chi connectivity index (χ1v) is 16.4. The van der Waals surface area contributed by atoms with E-state index >= 15 is 8.78 Å². The predicted molar refractivity (Wildman–Crippen MR) is 171 cm³/mol. The van der Waals surface area contributed by atoms with E-state index in [-0.39, 0.29) is 41.0 Å². The zero-order valence-electron chi connectivity index (χ0n) is 26.4. The maximum atomic E-state index is 15.6. The number of hydrogen-bond donors (Lipinski definition) is 1. The number of amides is 1. The number of carbonyl (C=O) groups is 1. The molecule has 0 radical (unpaired) electrons. The van der Waals surface area contributed by atoms with Gasteiger partial charge in [0.25, 0.3) is 5.91 Å². The quantitative estimate of drug-likeness (QED) is 0.249. The number of rotatable bonds is 8. The van der Waals surface area contributed by atoms with Crippen LogP contribution < -0.4 is 5.32 Å². The average molecular weight is 627 g/mol. The van der Waals surface area contributed by atoms with Gasteiger partial charge in [-0.1, -0.05) is 19.9 Å². The second-order valence-electron chi connectivity index (χ2n) is 13.5. The molecule has 2 atom stereocenters. The summed E-state index contributed by atoms with van der Waals surface area (Å²) in [6.45, 7) is 7.34. The molecule has 7 rings (SSSR count). The van der Waals surface area contributed by atoms with Crippen molar-refractivity contribution in [1.82, 2.24) is 30.4 Å². The summed E-state index contributed by atoms with van der Waals surface area (Å²) in [7, 11) is 0. The van der Waals surface area contributed by atoms with E-state index in [0.29, 0.717) is 24.6 Å². The summed E-state index contributed by atoms with van der Waals surface area (Å²) in [5.74, 6) is -1.07. The number of carbonyl (C=O) groups excluding carboxylic acids is 1. The molecule has 2 fully saturated rings. The summed E-state index contributed by atoms with van der Waals surface area (Å²) >= 11 is 0. The lowest BCUT2D eigenvalue weighted by Crippen LogP contribution is -2.52. The molecule has 8 nitrogen and oxygen atoms in total. The van der Waals surface area contributed by atoms with Crippen LogP contribution in [0, 0.1) is 11.7 Å². The second-order valence-corrected chi connectivity index (χ2v) is 13.5. The third kappa shape index (κ3) is 6.12. The normalized spacial score (nSPS) is 21.6. The molecule has 3 aromatic heterocycles. The number of hydrogen-bond acceptors (Lipinski definition) is 7. The summed E-state index contributed by atoms with van der Waals surface area (Å²) in [6, 6.07) is 10.1. The molecule has 10 heteroatoms. The molecule has 1 N–H and O–H groups in total. The summed E-state index contributed by atoms with van der Waals surface area (Å²) in [5.41, 5.74) is 3.17. The highest BCUT2D eigenvalue weighted by Crippen LogP contribution is 2.39. The van der Waals surface area contributed by atoms with Gasteiger partial charge >= 0.3 is 0 Å². The van der Waals surface area contributed by atoms with Gasteiger partial charge in [-0.15, -0.1) is 0 Å². The number of benzene rings is 1. The van der Waals surface area contributed by atoms with Gasteiger partial charge < -0.3 is 15.0 Å². The van der Waals surface area contributed by atoms with Crippen molar-refractivity contribution < 1.29 is 18.3 Å². The number of fused-ring (bicyclic) bond motifs is 2. The van der Waals surface area contributed by atoms with Crippen molar-refractivity contribution in [2.45, 2.75) is 76.1 Å². The zero-order chi connectivity index (χ0) is 31.9. The first-order valence-electron chi connectivity index (χ1n) is 16.4. The third-order valence-electron chi connectivity index (χ3n) is 10.4. The number of halogens is 2. The van der Waals surface area contributed by atoms with Crippen LogP contribution in [0.1, 0.15) is 79.2 Å². The standard InChI is InChI=1S/C36H40F2N6O2/c1-23(2)36(38)8-5-31-28(20-36)18-26-17-27(19-29(37)33(26)42-31)34(45)43-32(7-13-44-14-9-35(10-15-44)11-16-46-35)24-3-4-30(39-21-24)25-6-12-40-41-22-25/h3-4,6,12,17-19,21-23,32H,5,7-11,13-16,20H2,1-2H3,(H,43,45)/t32?,36-/m0/s1. The van der Waals surface area contributed by atoms with Crippen LogP contribution in [0.15, 0.2) is 55.0 Å². The van der Waals surface area contributed by atoms with E-state index in [1.165, 1.54) is 6.07 Å². The minimum absolute atomic E-state index is 0.0699. The number of aryl methyl sites for hydroxylation is 1. The molecular formula is C36H40F2N6O2. The lowest BCUT2D eigenvalue weighted by Gasteiger charge is -2.47. The van der Waals surface area contributed by atoms with Gasteiger partial charge in [0, 0.05) is 54.5 Å². The SMILES string of the molecule is CC(C)[C@]1(F)CCc2nc3c(F)cc(C(=O)NC(CCN4CCC5(CCO5)CC4)c4ccc(-c5ccnnc5)nc4)cc3cc2C1. The van der Waals surface area contributed by atoms with Crippen LogP contribution in [-0.4, -0.2) is 68.5 Å². The molecule has 1 spiro atoms. The highest BCUT2D eigenvalue weighted by molar-refractivity contribution is 5.98. The number of ether oxygens (including phenoxy) is 1. The van der Waals surface area contributed by atoms with Crippen LogP contribution in [0.25, 0.3) is 22.2 Å². The lowest BCUT2D eigenvalue weighted by atomic mass is 9.77. The monoisotopic (exact) mass is 626 g/mol. The third-order valence-corrected chi connectivity index (χ3v) is 10.4. The predicted octanol–water partition coefficient (Wildman–Crippen LogP) is 6.20. The Kier molecular flexibility index (Phi) is 8.27. The lowest BCUT2D eigenvalue weighted by molar-refractivity contribution is -0.172. The number of aromatic nitrogens is 4. The van der Waals surface area contributed by atoms with Gasteiger partial charge in [0.1, 0.15) is 17.0 Å². The van der Waals surface area contributed by atoms with Crippen LogP contribution in [-0.2, 0) is 17.6 Å². The van der Waals surface area contributed by atoms with Gasteiger partial charge in [-0.3, -0.25) is 9.78 Å². The summed E-state index contributed by atoms with van der Waals surface area (Å²) in [5, 5.41) is 11.5. The van der Waals surface area contributed by atoms with E-state index in [9.17, 15) is 4.79 Å². The summed E-state index contributed by atoms with van der Waals surface area (Å²) in [4.78, 5) is 25.4. The molecular weight excluding hydrogens is 586 g/mol. The van der Waals surface area contributed by atoms with Gasteiger partial charge in [0.2, 0.25) is 0 Å². The highest BCUT2D eigenvalue weighted by atomic mass is 19.1. The molecule has 1 aliphatic carbocycles. The molecule has 46 heavy (non-hydrogen) atoms. The van der Waals surface area contributed by atoms with Gasteiger partial charge in [-0.2, -0.15) is 10.2 Å². The van der Waals surface area contributed by atoms with Crippen LogP contribution in [0.2, 0.25) is 0 Å². The van der Waals surface area contributed by atoms with Crippen molar-refractivity contribution in [2.75, 3.05) is 26.2 Å². The Morgan fingerprint density at radius 3 is 2.57 bits per heavy atom. The van der Waals surface area contributed by atoms with Crippen LogP contribution in [0.5, 0.6) is 0 Å². The Balaban J connectivity index is 1.12. The topological polar surface area (TPSA) is 93.1 Å². The number of alkyl halides is 1. The fraction of sp³-hybridized carbons (Fsp3) is 0.472. The Labute approximate surface area is 268 Å². The first-order chi connectivity index (χ1) is 22.2. The van der Waals surface area contributed by atoms with Crippen LogP contribution >= 0.6 is 0 Å². The van der Waals surface area contributed by atoms with E-state index in [4.69, 9.17) is 4.74 Å². The smallest absolute Gasteiger partial charge is 0.251 e. The molecule has 240 valence electrons. The Bertz CT molecular complexity index is 1720. The van der Waals surface area contributed by atoms with Gasteiger partial charge in [-0.05, 0) is 85.9 Å². The molecule has 4 aromatic rings. The van der Waals surface area contributed by atoms with E-state index in [1.807, 2.05) is 38.1 Å². The molecule has 0 saturated carbocycles. The molecule has 2 saturated heterocycles. The summed E-state index contributed by atoms with van der Waals surface area (Å²) < 4.78 is 36.9. The zero-order valence-corrected chi connectivity index (χ0v) is 26.4. The average Bonchev–Trinajstić information content (AvgIpc) is 3.05. The molecule has 5 heterocycles. The minimum Gasteiger partial charge on any atom is -0.375 e. The fourth-order valence-corrected chi connectivity index (χ4v) is 7.12. The Hall–Kier alpha value is -3.89. The van der Waals surface area contributed by atoms with Crippen molar-refractivity contribution in [1.29, 1.82) is 0 Å². The second kappa shape index (κ2) is 12.4. The number of likely N-dealkylation sites (tertiary alicyclic amines) is 1. The van der Waals surface area contributed by atoms with Crippen LogP contribution in [0.3, 0.4) is 0 Å². The van der Waals surface area contributed by atoms with Crippen molar-refractivity contribution in [2.24, 2.45) is 5.92 Å². The van der Waals surface area contributed by atoms with Crippen molar-refractivity contribution in [3.8, 4) is 11.3 Å². The Morgan fingerprint density at radius 1 is 1.07 bits per heavy atom. The van der Waals surface area contributed by atoms with Gasteiger partial charge in [-0.25, -0.2) is 13.8 Å². The van der Waals surface area contributed by atoms with Crippen molar-refractivity contribution in [3.63, 3.8) is 0 Å². The number of piperidine rings is 1. The van der Waals surface area contributed by atoms with Gasteiger partial charge in [0.15, 0.2) is 0 Å². The molecule has 2 aliphatic heterocycles. The fourth-order valence-electron chi connectivity index (χ4n) is 7.12. The van der Waals surface area contributed by atoms with E-state index < -0.39 is 11.5 Å². The molecule has 0 bridgehead atoms. The maximum absolute atomic E-state index is 15.6. The minimum atomic E-state index is -1.32. The molecule has 1 unspecified atom stereocenters. The number of nitrogens with one attached hydrogen (secondary N) is 1. The van der Waals surface area contributed by atoms with E-state index in [1.54, 1.807) is 24.7 Å². The number of pyridine rings is 2. The highest BCUT2D eigenvalue weighted by Gasteiger charge is 2.41.